The molecule has 1 aromatic heterocycles. The standard InChI is InChI=1S/C52H88FN5O14/c1-15-40-52(10,65)45(61)33(6)57(12)26-29(2)23-50(8,64)47(31(4)43(32(5)48(63)70-40)71-41-24-51(9,67-14)46(62)34(7)69-41)72-49-42(60)38(22-30(3)68-49)56(11)21-20-37-27-58(55-54-37)39(25-53)44(66-13)36-18-16-35(28-59)17-19-36/h16-19,27,29-34,38-47,49,59-62,64-65H,15,20-26,28H2,1-14H3/t29-,30-,31+,32-,33-,34+,38+,39-,40-,41+,42-,43+,44-,45-,46+,47-,49+,50-,51-,52-/m1/s1. The van der Waals surface area contributed by atoms with Gasteiger partial charge in [0.1, 0.15) is 48.8 Å². The monoisotopic (exact) mass is 1030 g/mol. The summed E-state index contributed by atoms with van der Waals surface area (Å²) >= 11 is 0. The molecule has 0 unspecified atom stereocenters. The van der Waals surface area contributed by atoms with Crippen LogP contribution in [-0.2, 0) is 51.0 Å². The summed E-state index contributed by atoms with van der Waals surface area (Å²) in [5, 5.41) is 77.8. The molecule has 0 aliphatic carbocycles. The number of cyclic esters (lactones) is 1. The van der Waals surface area contributed by atoms with Crippen LogP contribution in [0.15, 0.2) is 30.5 Å². The number of likely N-dealkylation sites (N-methyl/N-ethyl adjacent to an activating group) is 2. The Morgan fingerprint density at radius 3 is 2.24 bits per heavy atom. The van der Waals surface area contributed by atoms with E-state index in [4.69, 9.17) is 33.2 Å². The summed E-state index contributed by atoms with van der Waals surface area (Å²) in [4.78, 5) is 18.4. The summed E-state index contributed by atoms with van der Waals surface area (Å²) < 4.78 is 60.1. The van der Waals surface area contributed by atoms with Crippen molar-refractivity contribution in [1.82, 2.24) is 24.8 Å². The van der Waals surface area contributed by atoms with Gasteiger partial charge in [-0.15, -0.1) is 5.10 Å². The van der Waals surface area contributed by atoms with Crippen LogP contribution < -0.4 is 0 Å². The molecule has 0 amide bonds. The normalized spacial score (nSPS) is 40.0. The molecule has 20 atom stereocenters. The Morgan fingerprint density at radius 2 is 1.64 bits per heavy atom. The van der Waals surface area contributed by atoms with Crippen molar-refractivity contribution in [2.75, 3.05) is 48.1 Å². The number of rotatable bonds is 16. The van der Waals surface area contributed by atoms with Gasteiger partial charge in [-0.1, -0.05) is 50.3 Å². The Hall–Kier alpha value is -2.80. The minimum atomic E-state index is -1.85. The maximum atomic E-state index is 14.7. The number of nitrogens with zero attached hydrogens (tertiary/aromatic N) is 5. The van der Waals surface area contributed by atoms with Crippen molar-refractivity contribution in [2.24, 2.45) is 17.8 Å². The number of benzene rings is 1. The van der Waals surface area contributed by atoms with E-state index in [1.165, 1.54) is 25.8 Å². The van der Waals surface area contributed by atoms with Crippen LogP contribution in [0.2, 0.25) is 0 Å². The van der Waals surface area contributed by atoms with Crippen molar-refractivity contribution in [3.05, 3.63) is 47.3 Å². The van der Waals surface area contributed by atoms with Crippen molar-refractivity contribution in [2.45, 2.75) is 210 Å². The number of methoxy groups -OCH3 is 2. The van der Waals surface area contributed by atoms with Crippen LogP contribution in [0.25, 0.3) is 0 Å². The summed E-state index contributed by atoms with van der Waals surface area (Å²) in [7, 11) is 6.70. The molecule has 0 spiro atoms. The molecule has 20 heteroatoms. The molecule has 0 radical (unpaired) electrons. The molecule has 0 bridgehead atoms. The van der Waals surface area contributed by atoms with Gasteiger partial charge >= 0.3 is 5.97 Å². The zero-order chi connectivity index (χ0) is 53.6. The second-order valence-electron chi connectivity index (χ2n) is 21.9. The third-order valence-corrected chi connectivity index (χ3v) is 16.0. The lowest BCUT2D eigenvalue weighted by molar-refractivity contribution is -0.318. The second kappa shape index (κ2) is 25.4. The summed E-state index contributed by atoms with van der Waals surface area (Å²) in [5.41, 5.74) is -2.55. The highest BCUT2D eigenvalue weighted by Gasteiger charge is 2.53. The Bertz CT molecular complexity index is 1980. The van der Waals surface area contributed by atoms with Gasteiger partial charge in [-0.2, -0.15) is 0 Å². The number of carbonyl (C=O) groups is 1. The van der Waals surface area contributed by atoms with Crippen LogP contribution in [0.1, 0.15) is 124 Å². The average molecular weight is 1030 g/mol. The van der Waals surface area contributed by atoms with Crippen molar-refractivity contribution in [1.29, 1.82) is 0 Å². The second-order valence-corrected chi connectivity index (χ2v) is 21.9. The van der Waals surface area contributed by atoms with E-state index in [1.807, 2.05) is 37.7 Å². The van der Waals surface area contributed by atoms with Gasteiger partial charge < -0.3 is 73.6 Å². The number of aliphatic hydroxyl groups excluding tert-OH is 4. The molecule has 0 saturated carbocycles. The zero-order valence-electron chi connectivity index (χ0n) is 45.1. The van der Waals surface area contributed by atoms with Gasteiger partial charge in [0.25, 0.3) is 0 Å². The predicted octanol–water partition coefficient (Wildman–Crippen LogP) is 3.50. The van der Waals surface area contributed by atoms with Crippen LogP contribution in [0.4, 0.5) is 4.39 Å². The van der Waals surface area contributed by atoms with E-state index in [0.29, 0.717) is 31.6 Å². The lowest BCUT2D eigenvalue weighted by atomic mass is 9.77. The van der Waals surface area contributed by atoms with Crippen LogP contribution >= 0.6 is 0 Å². The first-order valence-electron chi connectivity index (χ1n) is 25.7. The molecule has 19 nitrogen and oxygen atoms in total. The van der Waals surface area contributed by atoms with Gasteiger partial charge in [-0.25, -0.2) is 9.07 Å². The topological polar surface area (TPSA) is 240 Å². The maximum absolute atomic E-state index is 14.7. The van der Waals surface area contributed by atoms with E-state index in [2.05, 4.69) is 10.3 Å². The molecule has 6 N–H and O–H groups in total. The van der Waals surface area contributed by atoms with Crippen molar-refractivity contribution in [3.63, 3.8) is 0 Å². The lowest BCUT2D eigenvalue weighted by Crippen LogP contribution is -2.61. The first-order chi connectivity index (χ1) is 33.8. The third kappa shape index (κ3) is 13.8. The molecular formula is C52H88FN5O14. The van der Waals surface area contributed by atoms with E-state index in [9.17, 15) is 39.8 Å². The number of aromatic nitrogens is 3. The van der Waals surface area contributed by atoms with E-state index in [1.54, 1.807) is 78.9 Å². The smallest absolute Gasteiger partial charge is 0.311 e. The minimum Gasteiger partial charge on any atom is -0.459 e. The van der Waals surface area contributed by atoms with Crippen molar-refractivity contribution < 1.29 is 73.0 Å². The highest BCUT2D eigenvalue weighted by Crippen LogP contribution is 2.40. The fourth-order valence-electron chi connectivity index (χ4n) is 11.3. The maximum Gasteiger partial charge on any atom is 0.311 e. The first-order valence-corrected chi connectivity index (χ1v) is 25.7. The van der Waals surface area contributed by atoms with Crippen LogP contribution in [0, 0.1) is 17.8 Å². The largest absolute Gasteiger partial charge is 0.459 e. The molecule has 4 heterocycles. The summed E-state index contributed by atoms with van der Waals surface area (Å²) in [6.07, 6.45) is -8.07. The number of ether oxygens (including phenoxy) is 7. The van der Waals surface area contributed by atoms with Crippen molar-refractivity contribution in [3.8, 4) is 0 Å². The predicted molar refractivity (Wildman–Crippen MR) is 264 cm³/mol. The molecule has 3 fully saturated rings. The van der Waals surface area contributed by atoms with Crippen LogP contribution in [0.3, 0.4) is 0 Å². The van der Waals surface area contributed by atoms with E-state index in [0.717, 1.165) is 11.1 Å². The number of aliphatic hydroxyl groups is 6. The van der Waals surface area contributed by atoms with E-state index >= 15 is 0 Å². The molecule has 2 aromatic rings. The van der Waals surface area contributed by atoms with Gasteiger partial charge in [0.2, 0.25) is 0 Å². The van der Waals surface area contributed by atoms with Crippen molar-refractivity contribution >= 4 is 5.97 Å². The lowest BCUT2D eigenvalue weighted by Gasteiger charge is -2.49. The highest BCUT2D eigenvalue weighted by atomic mass is 19.1. The quantitative estimate of drug-likeness (QED) is 0.132. The Morgan fingerprint density at radius 1 is 0.972 bits per heavy atom. The number of carbonyl (C=O) groups excluding carboxylic acids is 1. The Balaban J connectivity index is 1.45. The molecule has 412 valence electrons. The molecule has 3 aliphatic heterocycles. The number of halogens is 1. The minimum absolute atomic E-state index is 0.0819. The number of hydrogen-bond acceptors (Lipinski definition) is 18. The SMILES string of the molecule is CC[C@H]1OC(=O)[C@H](C)[C@@H](O[C@H]2C[C@@](C)(OC)[C@@H](O)[C@H](C)O2)[C@H](C)[C@@H](O[C@@H]2O[C@H](C)C[C@H](N(C)CCc3cn([C@H](CF)[C@H](OC)c4ccc(CO)cc4)nn3)[C@H]2O)[C@](C)(O)C[C@@H](C)CN(C)[C@H](C)[C@@H](O)[C@]1(C)O. The van der Waals surface area contributed by atoms with Gasteiger partial charge in [0.05, 0.1) is 53.8 Å². The average Bonchev–Trinajstić information content (AvgIpc) is 3.81. The van der Waals surface area contributed by atoms with Gasteiger partial charge in [0.15, 0.2) is 12.6 Å². The summed E-state index contributed by atoms with van der Waals surface area (Å²) in [5.74, 6) is -2.88. The molecule has 72 heavy (non-hydrogen) atoms. The highest BCUT2D eigenvalue weighted by molar-refractivity contribution is 5.73. The molecule has 5 rings (SSSR count). The molecule has 3 aliphatic rings. The number of hydrogen-bond donors (Lipinski definition) is 6. The van der Waals surface area contributed by atoms with Crippen LogP contribution in [-0.4, -0.2) is 200 Å². The zero-order valence-corrected chi connectivity index (χ0v) is 45.1. The fourth-order valence-corrected chi connectivity index (χ4v) is 11.3. The number of esters is 1. The summed E-state index contributed by atoms with van der Waals surface area (Å²) in [6.45, 7) is 17.3. The van der Waals surface area contributed by atoms with Gasteiger partial charge in [-0.05, 0) is 98.9 Å². The Labute approximate surface area is 426 Å². The van der Waals surface area contributed by atoms with E-state index < -0.39 is 127 Å². The first kappa shape index (κ1) is 60.1. The van der Waals surface area contributed by atoms with Crippen LogP contribution in [0.5, 0.6) is 0 Å². The third-order valence-electron chi connectivity index (χ3n) is 16.0. The van der Waals surface area contributed by atoms with E-state index in [-0.39, 0.29) is 31.8 Å². The fraction of sp³-hybridized carbons (Fsp3) is 0.827. The molecule has 3 saturated heterocycles. The molecular weight excluding hydrogens is 938 g/mol. The number of alkyl halides is 1. The summed E-state index contributed by atoms with van der Waals surface area (Å²) in [6, 6.07) is 5.22. The van der Waals surface area contributed by atoms with Gasteiger partial charge in [-0.3, -0.25) is 4.79 Å². The van der Waals surface area contributed by atoms with Gasteiger partial charge in [0, 0.05) is 64.3 Å². The Kier molecular flexibility index (Phi) is 21.2. The molecule has 1 aromatic carbocycles.